The molecule has 1 aromatic carbocycles. The number of aromatic nitrogens is 1. The van der Waals surface area contributed by atoms with E-state index < -0.39 is 5.97 Å². The Morgan fingerprint density at radius 3 is 2.59 bits per heavy atom. The second kappa shape index (κ2) is 7.26. The van der Waals surface area contributed by atoms with Crippen molar-refractivity contribution in [1.82, 2.24) is 10.5 Å². The highest BCUT2D eigenvalue weighted by Crippen LogP contribution is 2.11. The molecule has 0 aliphatic rings. The van der Waals surface area contributed by atoms with Crippen LogP contribution in [0.5, 0.6) is 5.75 Å². The monoisotopic (exact) mass is 304 g/mol. The molecule has 2 aromatic rings. The van der Waals surface area contributed by atoms with Gasteiger partial charge in [0.1, 0.15) is 30.4 Å². The van der Waals surface area contributed by atoms with Gasteiger partial charge in [-0.15, -0.1) is 0 Å². The van der Waals surface area contributed by atoms with Gasteiger partial charge in [-0.25, -0.2) is 0 Å². The minimum Gasteiger partial charge on any atom is -0.497 e. The molecular formula is C15H16N2O5. The Morgan fingerprint density at radius 2 is 2.00 bits per heavy atom. The quantitative estimate of drug-likeness (QED) is 0.813. The minimum absolute atomic E-state index is 0.00851. The van der Waals surface area contributed by atoms with Crippen LogP contribution in [0.2, 0.25) is 0 Å². The fraction of sp³-hybridized carbons (Fsp3) is 0.267. The van der Waals surface area contributed by atoms with E-state index in [1.165, 1.54) is 0 Å². The molecule has 0 spiro atoms. The predicted molar refractivity (Wildman–Crippen MR) is 76.4 cm³/mol. The fourth-order valence-corrected chi connectivity index (χ4v) is 1.69. The van der Waals surface area contributed by atoms with Crippen LogP contribution in [0.1, 0.15) is 21.8 Å². The molecular weight excluding hydrogens is 288 g/mol. The number of ether oxygens (including phenoxy) is 2. The van der Waals surface area contributed by atoms with E-state index in [1.807, 2.05) is 0 Å². The molecule has 0 saturated heterocycles. The maximum Gasteiger partial charge on any atom is 0.325 e. The summed E-state index contributed by atoms with van der Waals surface area (Å²) in [5, 5.41) is 6.17. The smallest absolute Gasteiger partial charge is 0.325 e. The highest BCUT2D eigenvalue weighted by molar-refractivity contribution is 5.95. The van der Waals surface area contributed by atoms with Gasteiger partial charge >= 0.3 is 5.97 Å². The van der Waals surface area contributed by atoms with Crippen LogP contribution in [0.3, 0.4) is 0 Å². The first-order valence-corrected chi connectivity index (χ1v) is 6.58. The SMILES string of the molecule is COc1ccc(C(=O)NCC(=O)OCc2cc(C)on2)cc1. The first-order valence-electron chi connectivity index (χ1n) is 6.58. The number of aryl methyl sites for hydroxylation is 1. The molecule has 0 unspecified atom stereocenters. The summed E-state index contributed by atoms with van der Waals surface area (Å²) in [5.74, 6) is 0.372. The number of benzene rings is 1. The summed E-state index contributed by atoms with van der Waals surface area (Å²) < 4.78 is 14.8. The number of hydrogen-bond acceptors (Lipinski definition) is 6. The number of nitrogens with zero attached hydrogens (tertiary/aromatic N) is 1. The summed E-state index contributed by atoms with van der Waals surface area (Å²) >= 11 is 0. The van der Waals surface area contributed by atoms with Crippen LogP contribution in [0.15, 0.2) is 34.9 Å². The maximum atomic E-state index is 11.8. The molecule has 7 nitrogen and oxygen atoms in total. The van der Waals surface area contributed by atoms with E-state index in [4.69, 9.17) is 14.0 Å². The highest BCUT2D eigenvalue weighted by Gasteiger charge is 2.10. The molecule has 116 valence electrons. The zero-order chi connectivity index (χ0) is 15.9. The maximum absolute atomic E-state index is 11.8. The van der Waals surface area contributed by atoms with Crippen molar-refractivity contribution >= 4 is 11.9 Å². The van der Waals surface area contributed by atoms with Crippen molar-refractivity contribution < 1.29 is 23.6 Å². The number of amides is 1. The van der Waals surface area contributed by atoms with Crippen molar-refractivity contribution in [1.29, 1.82) is 0 Å². The third-order valence-corrected chi connectivity index (χ3v) is 2.80. The van der Waals surface area contributed by atoms with Crippen LogP contribution in [-0.4, -0.2) is 30.7 Å². The number of hydrogen-bond donors (Lipinski definition) is 1. The van der Waals surface area contributed by atoms with Crippen LogP contribution in [0.25, 0.3) is 0 Å². The summed E-state index contributed by atoms with van der Waals surface area (Å²) in [4.78, 5) is 23.4. The van der Waals surface area contributed by atoms with Crippen molar-refractivity contribution in [3.8, 4) is 5.75 Å². The number of nitrogens with one attached hydrogen (secondary N) is 1. The molecule has 1 aromatic heterocycles. The summed E-state index contributed by atoms with van der Waals surface area (Å²) in [6.45, 7) is 1.53. The normalized spacial score (nSPS) is 10.1. The van der Waals surface area contributed by atoms with Gasteiger partial charge in [0.2, 0.25) is 0 Å². The Hall–Kier alpha value is -2.83. The summed E-state index contributed by atoms with van der Waals surface area (Å²) in [6, 6.07) is 8.22. The lowest BCUT2D eigenvalue weighted by Gasteiger charge is -2.06. The van der Waals surface area contributed by atoms with Gasteiger partial charge in [-0.05, 0) is 31.2 Å². The van der Waals surface area contributed by atoms with Gasteiger partial charge in [0.15, 0.2) is 0 Å². The molecule has 0 radical (unpaired) electrons. The van der Waals surface area contributed by atoms with Crippen molar-refractivity contribution in [2.24, 2.45) is 0 Å². The third kappa shape index (κ3) is 4.34. The van der Waals surface area contributed by atoms with E-state index in [0.717, 1.165) is 0 Å². The van der Waals surface area contributed by atoms with Crippen LogP contribution >= 0.6 is 0 Å². The molecule has 0 aliphatic carbocycles. The first kappa shape index (κ1) is 15.6. The van der Waals surface area contributed by atoms with Crippen LogP contribution in [0, 0.1) is 6.92 Å². The van der Waals surface area contributed by atoms with Gasteiger partial charge in [-0.2, -0.15) is 0 Å². The topological polar surface area (TPSA) is 90.7 Å². The lowest BCUT2D eigenvalue weighted by Crippen LogP contribution is -2.30. The van der Waals surface area contributed by atoms with Gasteiger partial charge in [-0.3, -0.25) is 9.59 Å². The highest BCUT2D eigenvalue weighted by atomic mass is 16.5. The van der Waals surface area contributed by atoms with Gasteiger partial charge in [-0.1, -0.05) is 5.16 Å². The molecule has 22 heavy (non-hydrogen) atoms. The molecule has 0 fully saturated rings. The molecule has 0 saturated carbocycles. The van der Waals surface area contributed by atoms with E-state index in [0.29, 0.717) is 22.8 Å². The van der Waals surface area contributed by atoms with E-state index in [-0.39, 0.29) is 19.1 Å². The fourth-order valence-electron chi connectivity index (χ4n) is 1.69. The Labute approximate surface area is 127 Å². The molecule has 0 bridgehead atoms. The Kier molecular flexibility index (Phi) is 5.13. The average molecular weight is 304 g/mol. The van der Waals surface area contributed by atoms with E-state index >= 15 is 0 Å². The summed E-state index contributed by atoms with van der Waals surface area (Å²) in [7, 11) is 1.54. The van der Waals surface area contributed by atoms with Gasteiger partial charge in [0.05, 0.1) is 7.11 Å². The summed E-state index contributed by atoms with van der Waals surface area (Å²) in [5.41, 5.74) is 0.952. The Morgan fingerprint density at radius 1 is 1.27 bits per heavy atom. The van der Waals surface area contributed by atoms with Gasteiger partial charge < -0.3 is 19.3 Å². The second-order valence-electron chi connectivity index (χ2n) is 4.50. The first-order chi connectivity index (χ1) is 10.6. The Balaban J connectivity index is 1.76. The molecule has 1 amide bonds. The number of rotatable bonds is 6. The standard InChI is InChI=1S/C15H16N2O5/c1-10-7-12(17-22-10)9-21-14(18)8-16-15(19)11-3-5-13(20-2)6-4-11/h3-7H,8-9H2,1-2H3,(H,16,19). The van der Waals surface area contributed by atoms with Gasteiger partial charge in [0, 0.05) is 11.6 Å². The summed E-state index contributed by atoms with van der Waals surface area (Å²) in [6.07, 6.45) is 0. The third-order valence-electron chi connectivity index (χ3n) is 2.80. The van der Waals surface area contributed by atoms with E-state index in [1.54, 1.807) is 44.4 Å². The Bertz CT molecular complexity index is 648. The number of esters is 1. The van der Waals surface area contributed by atoms with E-state index in [9.17, 15) is 9.59 Å². The van der Waals surface area contributed by atoms with Crippen molar-refractivity contribution in [3.05, 3.63) is 47.3 Å². The van der Waals surface area contributed by atoms with Crippen LogP contribution in [0.4, 0.5) is 0 Å². The number of carbonyl (C=O) groups is 2. The van der Waals surface area contributed by atoms with E-state index in [2.05, 4.69) is 10.5 Å². The van der Waals surface area contributed by atoms with Crippen molar-refractivity contribution in [2.45, 2.75) is 13.5 Å². The minimum atomic E-state index is -0.553. The molecule has 1 heterocycles. The zero-order valence-electron chi connectivity index (χ0n) is 12.3. The molecule has 1 N–H and O–H groups in total. The molecule has 0 aliphatic heterocycles. The molecule has 7 heteroatoms. The molecule has 2 rings (SSSR count). The largest absolute Gasteiger partial charge is 0.497 e. The lowest BCUT2D eigenvalue weighted by molar-refractivity contribution is -0.143. The van der Waals surface area contributed by atoms with Crippen molar-refractivity contribution in [2.75, 3.05) is 13.7 Å². The number of carbonyl (C=O) groups excluding carboxylic acids is 2. The zero-order valence-corrected chi connectivity index (χ0v) is 12.3. The van der Waals surface area contributed by atoms with Crippen molar-refractivity contribution in [3.63, 3.8) is 0 Å². The second-order valence-corrected chi connectivity index (χ2v) is 4.50. The lowest BCUT2D eigenvalue weighted by atomic mass is 10.2. The predicted octanol–water partition coefficient (Wildman–Crippen LogP) is 1.46. The van der Waals surface area contributed by atoms with Crippen LogP contribution in [-0.2, 0) is 16.1 Å². The number of methoxy groups -OCH3 is 1. The molecule has 0 atom stereocenters. The average Bonchev–Trinajstić information content (AvgIpc) is 2.96. The van der Waals surface area contributed by atoms with Gasteiger partial charge in [0.25, 0.3) is 5.91 Å². The van der Waals surface area contributed by atoms with Crippen LogP contribution < -0.4 is 10.1 Å².